The third-order valence-electron chi connectivity index (χ3n) is 3.29. The van der Waals surface area contributed by atoms with E-state index in [0.29, 0.717) is 6.54 Å². The zero-order valence-electron chi connectivity index (χ0n) is 10.9. The maximum atomic E-state index is 12.6. The molecule has 110 valence electrons. The summed E-state index contributed by atoms with van der Waals surface area (Å²) in [6.45, 7) is 0.722. The smallest absolute Gasteiger partial charge is 0.262 e. The number of piperidine rings is 1. The SMILES string of the molecule is Cl.N#Cc1cccnc1S(=O)(=O)N1CCCCC1CN. The summed E-state index contributed by atoms with van der Waals surface area (Å²) in [5.74, 6) is 0. The summed E-state index contributed by atoms with van der Waals surface area (Å²) < 4.78 is 26.6. The van der Waals surface area contributed by atoms with E-state index in [9.17, 15) is 8.42 Å². The van der Waals surface area contributed by atoms with Gasteiger partial charge in [0.1, 0.15) is 6.07 Å². The third kappa shape index (κ3) is 3.10. The Bertz CT molecular complexity index is 600. The lowest BCUT2D eigenvalue weighted by atomic mass is 10.1. The Balaban J connectivity index is 0.00000200. The molecule has 1 aromatic rings. The van der Waals surface area contributed by atoms with Crippen molar-refractivity contribution in [1.82, 2.24) is 9.29 Å². The van der Waals surface area contributed by atoms with Crippen LogP contribution in [-0.2, 0) is 10.0 Å². The van der Waals surface area contributed by atoms with Crippen molar-refractivity contribution in [2.75, 3.05) is 13.1 Å². The molecule has 0 radical (unpaired) electrons. The van der Waals surface area contributed by atoms with Crippen LogP contribution in [0.2, 0.25) is 0 Å². The molecule has 0 saturated carbocycles. The highest BCUT2D eigenvalue weighted by molar-refractivity contribution is 7.89. The minimum Gasteiger partial charge on any atom is -0.329 e. The molecule has 0 amide bonds. The van der Waals surface area contributed by atoms with Crippen LogP contribution in [0.3, 0.4) is 0 Å². The maximum Gasteiger partial charge on any atom is 0.262 e. The predicted molar refractivity (Wildman–Crippen MR) is 76.8 cm³/mol. The highest BCUT2D eigenvalue weighted by Crippen LogP contribution is 2.25. The second-order valence-electron chi connectivity index (χ2n) is 4.47. The van der Waals surface area contributed by atoms with Gasteiger partial charge in [0.05, 0.1) is 5.56 Å². The number of nitriles is 1. The fourth-order valence-electron chi connectivity index (χ4n) is 2.32. The van der Waals surface area contributed by atoms with Crippen molar-refractivity contribution in [2.45, 2.75) is 30.3 Å². The minimum atomic E-state index is -3.75. The van der Waals surface area contributed by atoms with Crippen LogP contribution in [0.5, 0.6) is 0 Å². The van der Waals surface area contributed by atoms with E-state index in [1.807, 2.05) is 6.07 Å². The van der Waals surface area contributed by atoms with Gasteiger partial charge in [0, 0.05) is 25.3 Å². The molecule has 0 bridgehead atoms. The Morgan fingerprint density at radius 2 is 2.25 bits per heavy atom. The molecule has 6 nitrogen and oxygen atoms in total. The summed E-state index contributed by atoms with van der Waals surface area (Å²) in [5.41, 5.74) is 5.72. The number of nitrogens with two attached hydrogens (primary N) is 1. The van der Waals surface area contributed by atoms with E-state index in [1.165, 1.54) is 16.6 Å². The number of hydrogen-bond acceptors (Lipinski definition) is 5. The molecule has 2 heterocycles. The first-order valence-corrected chi connectivity index (χ1v) is 7.62. The zero-order valence-corrected chi connectivity index (χ0v) is 12.5. The standard InChI is InChI=1S/C12H16N4O2S.ClH/c13-8-10-4-3-6-15-12(10)19(17,18)16-7-2-1-5-11(16)9-14;/h3-4,6,11H,1-2,5,7,9,14H2;1H. The van der Waals surface area contributed by atoms with E-state index in [2.05, 4.69) is 4.98 Å². The topological polar surface area (TPSA) is 100 Å². The molecule has 0 aromatic carbocycles. The fourth-order valence-corrected chi connectivity index (χ4v) is 4.08. The number of aromatic nitrogens is 1. The quantitative estimate of drug-likeness (QED) is 0.892. The largest absolute Gasteiger partial charge is 0.329 e. The summed E-state index contributed by atoms with van der Waals surface area (Å²) in [6, 6.07) is 4.68. The molecule has 1 fully saturated rings. The number of rotatable bonds is 3. The Morgan fingerprint density at radius 3 is 2.90 bits per heavy atom. The molecule has 1 aromatic heterocycles. The van der Waals surface area contributed by atoms with Gasteiger partial charge in [0.15, 0.2) is 5.03 Å². The van der Waals surface area contributed by atoms with Crippen LogP contribution < -0.4 is 5.73 Å². The van der Waals surface area contributed by atoms with Crippen molar-refractivity contribution in [3.63, 3.8) is 0 Å². The lowest BCUT2D eigenvalue weighted by Gasteiger charge is -2.33. The summed E-state index contributed by atoms with van der Waals surface area (Å²) >= 11 is 0. The van der Waals surface area contributed by atoms with Gasteiger partial charge in [-0.25, -0.2) is 13.4 Å². The zero-order chi connectivity index (χ0) is 13.9. The number of halogens is 1. The number of nitrogens with zero attached hydrogens (tertiary/aromatic N) is 3. The maximum absolute atomic E-state index is 12.6. The van der Waals surface area contributed by atoms with E-state index in [4.69, 9.17) is 11.0 Å². The lowest BCUT2D eigenvalue weighted by Crippen LogP contribution is -2.47. The van der Waals surface area contributed by atoms with Gasteiger partial charge in [-0.05, 0) is 25.0 Å². The van der Waals surface area contributed by atoms with Crippen molar-refractivity contribution in [2.24, 2.45) is 5.73 Å². The Labute approximate surface area is 125 Å². The summed E-state index contributed by atoms with van der Waals surface area (Å²) in [7, 11) is -3.75. The van der Waals surface area contributed by atoms with Crippen LogP contribution in [-0.4, -0.2) is 36.8 Å². The fraction of sp³-hybridized carbons (Fsp3) is 0.500. The molecule has 2 N–H and O–H groups in total. The molecule has 1 saturated heterocycles. The average Bonchev–Trinajstić information content (AvgIpc) is 2.47. The van der Waals surface area contributed by atoms with Crippen LogP contribution in [0.1, 0.15) is 24.8 Å². The van der Waals surface area contributed by atoms with Gasteiger partial charge in [-0.3, -0.25) is 0 Å². The summed E-state index contributed by atoms with van der Waals surface area (Å²) in [5, 5.41) is 8.84. The van der Waals surface area contributed by atoms with Gasteiger partial charge in [0.25, 0.3) is 10.0 Å². The van der Waals surface area contributed by atoms with Crippen LogP contribution in [0.15, 0.2) is 23.4 Å². The van der Waals surface area contributed by atoms with E-state index < -0.39 is 10.0 Å². The summed E-state index contributed by atoms with van der Waals surface area (Å²) in [4.78, 5) is 3.87. The van der Waals surface area contributed by atoms with Crippen molar-refractivity contribution in [3.8, 4) is 6.07 Å². The average molecular weight is 317 g/mol. The monoisotopic (exact) mass is 316 g/mol. The Morgan fingerprint density at radius 1 is 1.50 bits per heavy atom. The van der Waals surface area contributed by atoms with Crippen molar-refractivity contribution in [3.05, 3.63) is 23.9 Å². The first-order chi connectivity index (χ1) is 9.11. The molecule has 0 aliphatic carbocycles. The second kappa shape index (κ2) is 6.99. The van der Waals surface area contributed by atoms with Gasteiger partial charge in [0.2, 0.25) is 0 Å². The van der Waals surface area contributed by atoms with Gasteiger partial charge in [-0.15, -0.1) is 12.4 Å². The van der Waals surface area contributed by atoms with Crippen molar-refractivity contribution < 1.29 is 8.42 Å². The normalized spacial score (nSPS) is 19.9. The van der Waals surface area contributed by atoms with Crippen LogP contribution >= 0.6 is 12.4 Å². The van der Waals surface area contributed by atoms with E-state index in [-0.39, 0.29) is 35.6 Å². The van der Waals surface area contributed by atoms with Gasteiger partial charge in [-0.2, -0.15) is 9.57 Å². The van der Waals surface area contributed by atoms with Crippen molar-refractivity contribution >= 4 is 22.4 Å². The van der Waals surface area contributed by atoms with E-state index >= 15 is 0 Å². The predicted octanol–water partition coefficient (Wildman–Crippen LogP) is 0.877. The van der Waals surface area contributed by atoms with Crippen LogP contribution in [0, 0.1) is 11.3 Å². The molecule has 0 spiro atoms. The molecule has 20 heavy (non-hydrogen) atoms. The van der Waals surface area contributed by atoms with Gasteiger partial charge in [-0.1, -0.05) is 6.42 Å². The molecule has 8 heteroatoms. The van der Waals surface area contributed by atoms with Crippen molar-refractivity contribution in [1.29, 1.82) is 5.26 Å². The van der Waals surface area contributed by atoms with Gasteiger partial charge >= 0.3 is 0 Å². The molecule has 1 aliphatic heterocycles. The van der Waals surface area contributed by atoms with E-state index in [0.717, 1.165) is 19.3 Å². The molecular formula is C12H17ClN4O2S. The number of sulfonamides is 1. The van der Waals surface area contributed by atoms with Crippen LogP contribution in [0.25, 0.3) is 0 Å². The first-order valence-electron chi connectivity index (χ1n) is 6.18. The summed E-state index contributed by atoms with van der Waals surface area (Å²) in [6.07, 6.45) is 3.92. The highest BCUT2D eigenvalue weighted by Gasteiger charge is 2.34. The number of hydrogen-bond donors (Lipinski definition) is 1. The third-order valence-corrected chi connectivity index (χ3v) is 5.20. The molecule has 1 atom stereocenters. The highest BCUT2D eigenvalue weighted by atomic mass is 35.5. The van der Waals surface area contributed by atoms with Crippen LogP contribution in [0.4, 0.5) is 0 Å². The Hall–Kier alpha value is -1.20. The molecule has 2 rings (SSSR count). The van der Waals surface area contributed by atoms with E-state index in [1.54, 1.807) is 6.07 Å². The minimum absolute atomic E-state index is 0. The first kappa shape index (κ1) is 16.9. The Kier molecular flexibility index (Phi) is 5.89. The van der Waals surface area contributed by atoms with Gasteiger partial charge < -0.3 is 5.73 Å². The number of pyridine rings is 1. The molecular weight excluding hydrogens is 300 g/mol. The molecule has 1 unspecified atom stereocenters. The molecule has 1 aliphatic rings. The lowest BCUT2D eigenvalue weighted by molar-refractivity contribution is 0.257. The second-order valence-corrected chi connectivity index (χ2v) is 6.27.